The van der Waals surface area contributed by atoms with E-state index in [4.69, 9.17) is 9.15 Å². The van der Waals surface area contributed by atoms with Gasteiger partial charge in [-0.2, -0.15) is 0 Å². The smallest absolute Gasteiger partial charge is 0.264 e. The number of ether oxygens (including phenoxy) is 1. The van der Waals surface area contributed by atoms with Crippen molar-refractivity contribution in [1.29, 1.82) is 0 Å². The van der Waals surface area contributed by atoms with Crippen molar-refractivity contribution in [3.63, 3.8) is 0 Å². The molecule has 0 atom stereocenters. The standard InChI is InChI=1S/C27H28N4O5S/c1-5-35-23-14-12-22(13-15-23)28-26(32)17-31(25-11-6-8-18(2)19(25)3)37(33,34)24-10-7-9-21(16-24)27-30-29-20(4)36-27/h6-16H,5,17H2,1-4H3,(H,28,32). The molecule has 0 fully saturated rings. The van der Waals surface area contributed by atoms with Gasteiger partial charge >= 0.3 is 0 Å². The van der Waals surface area contributed by atoms with Crippen molar-refractivity contribution in [3.05, 3.63) is 83.7 Å². The number of amides is 1. The van der Waals surface area contributed by atoms with E-state index in [1.807, 2.05) is 26.8 Å². The molecule has 0 aliphatic heterocycles. The lowest BCUT2D eigenvalue weighted by Crippen LogP contribution is -2.38. The second-order valence-electron chi connectivity index (χ2n) is 8.39. The van der Waals surface area contributed by atoms with Crippen LogP contribution in [0.15, 0.2) is 76.0 Å². The van der Waals surface area contributed by atoms with E-state index in [0.717, 1.165) is 15.4 Å². The van der Waals surface area contributed by atoms with E-state index >= 15 is 0 Å². The number of rotatable bonds is 9. The van der Waals surface area contributed by atoms with Crippen LogP contribution >= 0.6 is 0 Å². The van der Waals surface area contributed by atoms with Gasteiger partial charge in [-0.15, -0.1) is 10.2 Å². The van der Waals surface area contributed by atoms with Gasteiger partial charge in [0, 0.05) is 18.2 Å². The molecule has 0 bridgehead atoms. The predicted octanol–water partition coefficient (Wildman–Crippen LogP) is 4.89. The normalized spacial score (nSPS) is 11.2. The van der Waals surface area contributed by atoms with Crippen LogP contribution in [0.5, 0.6) is 5.75 Å². The summed E-state index contributed by atoms with van der Waals surface area (Å²) in [5.74, 6) is 0.765. The minimum absolute atomic E-state index is 0.00405. The molecule has 37 heavy (non-hydrogen) atoms. The van der Waals surface area contributed by atoms with Crippen molar-refractivity contribution in [3.8, 4) is 17.2 Å². The molecule has 0 saturated carbocycles. The third-order valence-electron chi connectivity index (χ3n) is 5.78. The molecule has 0 aliphatic rings. The molecule has 9 nitrogen and oxygen atoms in total. The first kappa shape index (κ1) is 25.9. The number of hydrogen-bond donors (Lipinski definition) is 1. The summed E-state index contributed by atoms with van der Waals surface area (Å²) in [6.45, 7) is 7.36. The number of hydrogen-bond acceptors (Lipinski definition) is 7. The lowest BCUT2D eigenvalue weighted by Gasteiger charge is -2.26. The minimum Gasteiger partial charge on any atom is -0.494 e. The number of carbonyl (C=O) groups excluding carboxylic acids is 1. The maximum Gasteiger partial charge on any atom is 0.264 e. The highest BCUT2D eigenvalue weighted by Crippen LogP contribution is 2.30. The topological polar surface area (TPSA) is 115 Å². The quantitative estimate of drug-likeness (QED) is 0.334. The molecule has 0 saturated heterocycles. The Bertz CT molecular complexity index is 1510. The van der Waals surface area contributed by atoms with Crippen LogP contribution < -0.4 is 14.4 Å². The first-order valence-electron chi connectivity index (χ1n) is 11.7. The Labute approximate surface area is 216 Å². The molecule has 10 heteroatoms. The van der Waals surface area contributed by atoms with E-state index in [2.05, 4.69) is 15.5 Å². The highest BCUT2D eigenvalue weighted by molar-refractivity contribution is 7.92. The van der Waals surface area contributed by atoms with Gasteiger partial charge in [-0.25, -0.2) is 8.42 Å². The molecule has 0 radical (unpaired) electrons. The van der Waals surface area contributed by atoms with Crippen molar-refractivity contribution in [2.45, 2.75) is 32.6 Å². The fourth-order valence-corrected chi connectivity index (χ4v) is 5.29. The molecule has 1 N–H and O–H groups in total. The monoisotopic (exact) mass is 520 g/mol. The summed E-state index contributed by atoms with van der Waals surface area (Å²) >= 11 is 0. The zero-order chi connectivity index (χ0) is 26.6. The number of sulfonamides is 1. The molecular weight excluding hydrogens is 492 g/mol. The van der Waals surface area contributed by atoms with Crippen molar-refractivity contribution in [2.24, 2.45) is 0 Å². The number of anilines is 2. The van der Waals surface area contributed by atoms with Gasteiger partial charge in [0.15, 0.2) is 0 Å². The average molecular weight is 521 g/mol. The van der Waals surface area contributed by atoms with Crippen molar-refractivity contribution in [1.82, 2.24) is 10.2 Å². The molecule has 0 spiro atoms. The van der Waals surface area contributed by atoms with E-state index in [0.29, 0.717) is 35.2 Å². The van der Waals surface area contributed by atoms with Gasteiger partial charge in [-0.1, -0.05) is 18.2 Å². The van der Waals surface area contributed by atoms with Crippen LogP contribution in [0, 0.1) is 20.8 Å². The fraction of sp³-hybridized carbons (Fsp3) is 0.222. The zero-order valence-electron chi connectivity index (χ0n) is 21.1. The Kier molecular flexibility index (Phi) is 7.58. The van der Waals surface area contributed by atoms with E-state index in [1.165, 1.54) is 12.1 Å². The zero-order valence-corrected chi connectivity index (χ0v) is 21.9. The Morgan fingerprint density at radius 3 is 2.41 bits per heavy atom. The Morgan fingerprint density at radius 1 is 1.00 bits per heavy atom. The van der Waals surface area contributed by atoms with Gasteiger partial charge in [0.05, 0.1) is 17.2 Å². The highest BCUT2D eigenvalue weighted by Gasteiger charge is 2.29. The van der Waals surface area contributed by atoms with Gasteiger partial charge in [0.2, 0.25) is 17.7 Å². The third kappa shape index (κ3) is 5.80. The molecule has 1 aromatic heterocycles. The van der Waals surface area contributed by atoms with Crippen LogP contribution in [0.25, 0.3) is 11.5 Å². The van der Waals surface area contributed by atoms with Crippen molar-refractivity contribution >= 4 is 27.3 Å². The molecule has 4 rings (SSSR count). The molecule has 0 aliphatic carbocycles. The lowest BCUT2D eigenvalue weighted by atomic mass is 10.1. The molecule has 3 aromatic carbocycles. The minimum atomic E-state index is -4.16. The van der Waals surface area contributed by atoms with E-state index in [-0.39, 0.29) is 10.8 Å². The first-order chi connectivity index (χ1) is 17.7. The van der Waals surface area contributed by atoms with E-state index < -0.39 is 22.5 Å². The Morgan fingerprint density at radius 2 is 1.73 bits per heavy atom. The number of aryl methyl sites for hydroxylation is 2. The van der Waals surface area contributed by atoms with Crippen LogP contribution in [0.1, 0.15) is 23.9 Å². The predicted molar refractivity (Wildman–Crippen MR) is 141 cm³/mol. The number of aromatic nitrogens is 2. The third-order valence-corrected chi connectivity index (χ3v) is 7.53. The first-order valence-corrected chi connectivity index (χ1v) is 13.1. The van der Waals surface area contributed by atoms with Crippen LogP contribution in [0.3, 0.4) is 0 Å². The second kappa shape index (κ2) is 10.8. The van der Waals surface area contributed by atoms with Gasteiger partial charge in [0.1, 0.15) is 12.3 Å². The summed E-state index contributed by atoms with van der Waals surface area (Å²) in [5.41, 5.74) is 3.06. The van der Waals surface area contributed by atoms with Crippen LogP contribution in [0.4, 0.5) is 11.4 Å². The van der Waals surface area contributed by atoms with Crippen molar-refractivity contribution < 1.29 is 22.4 Å². The second-order valence-corrected chi connectivity index (χ2v) is 10.3. The number of nitrogens with zero attached hydrogens (tertiary/aromatic N) is 3. The summed E-state index contributed by atoms with van der Waals surface area (Å²) in [7, 11) is -4.16. The van der Waals surface area contributed by atoms with Gasteiger partial charge in [-0.3, -0.25) is 9.10 Å². The fourth-order valence-electron chi connectivity index (χ4n) is 3.77. The maximum atomic E-state index is 14.0. The van der Waals surface area contributed by atoms with E-state index in [9.17, 15) is 13.2 Å². The van der Waals surface area contributed by atoms with Gasteiger partial charge in [-0.05, 0) is 80.4 Å². The Balaban J connectivity index is 1.68. The average Bonchev–Trinajstić information content (AvgIpc) is 3.32. The summed E-state index contributed by atoms with van der Waals surface area (Å²) in [4.78, 5) is 13.1. The molecule has 192 valence electrons. The van der Waals surface area contributed by atoms with Gasteiger partial charge in [0.25, 0.3) is 10.0 Å². The molecule has 1 amide bonds. The molecule has 4 aromatic rings. The SMILES string of the molecule is CCOc1ccc(NC(=O)CN(c2cccc(C)c2C)S(=O)(=O)c2cccc(-c3nnc(C)o3)c2)cc1. The van der Waals surface area contributed by atoms with Crippen LogP contribution in [0.2, 0.25) is 0 Å². The number of carbonyl (C=O) groups is 1. The summed E-state index contributed by atoms with van der Waals surface area (Å²) in [6, 6.07) is 18.5. The van der Waals surface area contributed by atoms with Crippen LogP contribution in [-0.4, -0.2) is 37.7 Å². The summed E-state index contributed by atoms with van der Waals surface area (Å²) in [6.07, 6.45) is 0. The van der Waals surface area contributed by atoms with Gasteiger partial charge < -0.3 is 14.5 Å². The van der Waals surface area contributed by atoms with Crippen molar-refractivity contribution in [2.75, 3.05) is 22.8 Å². The van der Waals surface area contributed by atoms with E-state index in [1.54, 1.807) is 55.5 Å². The number of benzene rings is 3. The number of nitrogens with one attached hydrogen (secondary N) is 1. The molecule has 1 heterocycles. The lowest BCUT2D eigenvalue weighted by molar-refractivity contribution is -0.114. The molecular formula is C27H28N4O5S. The Hall–Kier alpha value is -4.18. The molecule has 0 unspecified atom stereocenters. The summed E-state index contributed by atoms with van der Waals surface area (Å²) < 4.78 is 39.9. The van der Waals surface area contributed by atoms with Crippen LogP contribution in [-0.2, 0) is 14.8 Å². The maximum absolute atomic E-state index is 14.0. The largest absolute Gasteiger partial charge is 0.494 e. The highest BCUT2D eigenvalue weighted by atomic mass is 32.2. The summed E-state index contributed by atoms with van der Waals surface area (Å²) in [5, 5.41) is 10.6.